The number of fused-ring (bicyclic) bond motifs is 1. The van der Waals surface area contributed by atoms with E-state index in [1.165, 1.54) is 0 Å². The van der Waals surface area contributed by atoms with Crippen LogP contribution in [0.1, 0.15) is 194 Å². The molecule has 1 aliphatic heterocycles. The molecule has 6 rings (SSSR count). The predicted molar refractivity (Wildman–Crippen MR) is 360 cm³/mol. The number of alkyl carbamates (subject to hydrolysis) is 5. The van der Waals surface area contributed by atoms with Gasteiger partial charge in [0.1, 0.15) is 28.0 Å². The van der Waals surface area contributed by atoms with Crippen LogP contribution in [0.4, 0.5) is 24.0 Å². The molecule has 5 atom stereocenters. The smallest absolute Gasteiger partial charge is 0.408 e. The Morgan fingerprint density at radius 2 is 0.500 bits per heavy atom. The number of carbonyl (C=O) groups is 10. The lowest BCUT2D eigenvalue weighted by Gasteiger charge is -2.23. The molecular formula is C71H95N5O22. The molecule has 5 aromatic carbocycles. The second-order valence-electron chi connectivity index (χ2n) is 26.7. The average Bonchev–Trinajstić information content (AvgIpc) is 1.51. The summed E-state index contributed by atoms with van der Waals surface area (Å²) < 4.78 is 36.2. The number of benzene rings is 5. The van der Waals surface area contributed by atoms with Crippen LogP contribution in [0.15, 0.2) is 140 Å². The number of carboxylic acids is 5. The first-order chi connectivity index (χ1) is 45.3. The normalized spacial score (nSPS) is 13.0. The van der Waals surface area contributed by atoms with Gasteiger partial charge in [-0.05, 0) is 144 Å². The summed E-state index contributed by atoms with van der Waals surface area (Å²) in [5, 5.41) is 57.5. The molecule has 0 radical (unpaired) electrons. The Morgan fingerprint density at radius 3 is 0.694 bits per heavy atom. The van der Waals surface area contributed by atoms with Crippen molar-refractivity contribution in [3.8, 4) is 11.5 Å². The van der Waals surface area contributed by atoms with Crippen molar-refractivity contribution in [2.24, 2.45) is 0 Å². The molecule has 5 aromatic rings. The number of aliphatic carboxylic acids is 5. The van der Waals surface area contributed by atoms with Gasteiger partial charge in [0.25, 0.3) is 0 Å². The second kappa shape index (κ2) is 39.4. The highest BCUT2D eigenvalue weighted by molar-refractivity contribution is 5.75. The molecule has 0 fully saturated rings. The molecule has 0 aliphatic carbocycles. The maximum absolute atomic E-state index is 11.9. The highest BCUT2D eigenvalue weighted by Crippen LogP contribution is 2.35. The lowest BCUT2D eigenvalue weighted by molar-refractivity contribution is -0.138. The van der Waals surface area contributed by atoms with E-state index in [0.29, 0.717) is 17.1 Å². The van der Waals surface area contributed by atoms with Crippen molar-refractivity contribution < 1.29 is 107 Å². The zero-order valence-electron chi connectivity index (χ0n) is 58.1. The van der Waals surface area contributed by atoms with Gasteiger partial charge in [0.15, 0.2) is 11.5 Å². The maximum Gasteiger partial charge on any atom is 0.408 e. The molecule has 536 valence electrons. The lowest BCUT2D eigenvalue weighted by atomic mass is 10.0. The Labute approximate surface area is 571 Å². The number of rotatable bonds is 20. The minimum Gasteiger partial charge on any atom is -0.481 e. The van der Waals surface area contributed by atoms with Crippen molar-refractivity contribution in [1.82, 2.24) is 26.6 Å². The van der Waals surface area contributed by atoms with Crippen LogP contribution >= 0.6 is 0 Å². The Hall–Kier alpha value is -10.6. The quantitative estimate of drug-likeness (QED) is 0.0324. The number of carbonyl (C=O) groups excluding carboxylic acids is 5. The molecule has 0 spiro atoms. The largest absolute Gasteiger partial charge is 0.481 e. The molecule has 98 heavy (non-hydrogen) atoms. The number of amides is 5. The Morgan fingerprint density at radius 1 is 0.306 bits per heavy atom. The molecule has 0 saturated heterocycles. The van der Waals surface area contributed by atoms with E-state index >= 15 is 0 Å². The molecule has 10 N–H and O–H groups in total. The molecule has 1 heterocycles. The molecule has 5 unspecified atom stereocenters. The Bertz CT molecular complexity index is 3010. The van der Waals surface area contributed by atoms with Gasteiger partial charge in [-0.2, -0.15) is 0 Å². The summed E-state index contributed by atoms with van der Waals surface area (Å²) in [6.45, 7) is 26.3. The van der Waals surface area contributed by atoms with Crippen LogP contribution in [-0.4, -0.2) is 121 Å². The van der Waals surface area contributed by atoms with Gasteiger partial charge in [0, 0.05) is 0 Å². The monoisotopic (exact) mass is 1370 g/mol. The first-order valence-electron chi connectivity index (χ1n) is 31.0. The zero-order chi connectivity index (χ0) is 74.2. The molecule has 0 aromatic heterocycles. The van der Waals surface area contributed by atoms with Crippen LogP contribution in [0.25, 0.3) is 0 Å². The third kappa shape index (κ3) is 38.7. The molecular weight excluding hydrogens is 1270 g/mol. The van der Waals surface area contributed by atoms with E-state index in [2.05, 4.69) is 26.6 Å². The lowest BCUT2D eigenvalue weighted by Crippen LogP contribution is -2.35. The van der Waals surface area contributed by atoms with Crippen LogP contribution in [-0.2, 0) is 47.7 Å². The van der Waals surface area contributed by atoms with Crippen LogP contribution in [0.2, 0.25) is 0 Å². The van der Waals surface area contributed by atoms with Crippen molar-refractivity contribution in [1.29, 1.82) is 0 Å². The van der Waals surface area contributed by atoms with Crippen molar-refractivity contribution in [3.63, 3.8) is 0 Å². The van der Waals surface area contributed by atoms with E-state index in [1.807, 2.05) is 24.3 Å². The highest BCUT2D eigenvalue weighted by atomic mass is 16.7. The van der Waals surface area contributed by atoms with Gasteiger partial charge in [-0.1, -0.05) is 127 Å². The average molecular weight is 1370 g/mol. The van der Waals surface area contributed by atoms with E-state index in [-0.39, 0.29) is 38.9 Å². The molecule has 1 aliphatic rings. The third-order valence-electron chi connectivity index (χ3n) is 12.0. The number of carboxylic acid groups (broad SMARTS) is 5. The van der Waals surface area contributed by atoms with Crippen LogP contribution in [0.5, 0.6) is 11.5 Å². The minimum absolute atomic E-state index is 0.127. The Balaban J connectivity index is 0.000000417. The summed E-state index contributed by atoms with van der Waals surface area (Å²) in [5.74, 6) is -3.84. The maximum atomic E-state index is 11.9. The van der Waals surface area contributed by atoms with Gasteiger partial charge < -0.3 is 85.3 Å². The van der Waals surface area contributed by atoms with Gasteiger partial charge in [-0.15, -0.1) is 0 Å². The Kier molecular flexibility index (Phi) is 33.6. The first kappa shape index (κ1) is 83.5. The number of hydrogen-bond donors (Lipinski definition) is 10. The number of hydrogen-bond acceptors (Lipinski definition) is 17. The number of nitrogens with one attached hydrogen (secondary N) is 5. The van der Waals surface area contributed by atoms with Gasteiger partial charge in [-0.25, -0.2) is 24.0 Å². The summed E-state index contributed by atoms with van der Waals surface area (Å²) in [7, 11) is 0. The fourth-order valence-corrected chi connectivity index (χ4v) is 8.25. The van der Waals surface area contributed by atoms with E-state index in [4.69, 9.17) is 58.7 Å². The topological polar surface area (TPSA) is 397 Å². The van der Waals surface area contributed by atoms with Crippen molar-refractivity contribution in [2.75, 3.05) is 6.79 Å². The summed E-state index contributed by atoms with van der Waals surface area (Å²) in [6.07, 6.45) is -4.19. The summed E-state index contributed by atoms with van der Waals surface area (Å²) in [4.78, 5) is 113. The second-order valence-corrected chi connectivity index (χ2v) is 26.7. The van der Waals surface area contributed by atoms with E-state index < -0.39 is 119 Å². The number of ether oxygens (including phenoxy) is 7. The first-order valence-corrected chi connectivity index (χ1v) is 31.0. The van der Waals surface area contributed by atoms with E-state index in [0.717, 1.165) is 22.3 Å². The van der Waals surface area contributed by atoms with Crippen LogP contribution in [0, 0.1) is 0 Å². The van der Waals surface area contributed by atoms with Crippen LogP contribution < -0.4 is 36.1 Å². The van der Waals surface area contributed by atoms with Gasteiger partial charge in [0.2, 0.25) is 6.79 Å². The van der Waals surface area contributed by atoms with Gasteiger partial charge in [0.05, 0.1) is 62.3 Å². The standard InChI is InChI=1S/C15H19NO6.4C14H19NO4/c1-15(2,3)22-14(19)16-10(7-13(17)18)9-4-5-11-12(6-9)21-8-20-11;4*1-14(2,3)19-13(18)15-11(9-12(16)17)10-7-5-4-6-8-10/h4-6,10H,7-8H2,1-3H3,(H,16,19)(H,17,18);4*4-8,11H,9H2,1-3H3,(H,15,18)(H,16,17). The third-order valence-corrected chi connectivity index (χ3v) is 12.0. The fourth-order valence-electron chi connectivity index (χ4n) is 8.25. The van der Waals surface area contributed by atoms with E-state index in [9.17, 15) is 47.9 Å². The molecule has 0 bridgehead atoms. The van der Waals surface area contributed by atoms with Gasteiger partial charge >= 0.3 is 60.3 Å². The molecule has 5 amide bonds. The molecule has 0 saturated carbocycles. The summed E-state index contributed by atoms with van der Waals surface area (Å²) >= 11 is 0. The van der Waals surface area contributed by atoms with Crippen molar-refractivity contribution in [3.05, 3.63) is 167 Å². The minimum atomic E-state index is -1.03. The zero-order valence-corrected chi connectivity index (χ0v) is 58.1. The van der Waals surface area contributed by atoms with Crippen molar-refractivity contribution >= 4 is 60.3 Å². The molecule has 27 nitrogen and oxygen atoms in total. The fraction of sp³-hybridized carbons (Fsp3) is 0.437. The molecule has 27 heteroatoms. The predicted octanol–water partition coefficient (Wildman–Crippen LogP) is 13.4. The van der Waals surface area contributed by atoms with Gasteiger partial charge in [-0.3, -0.25) is 24.0 Å². The van der Waals surface area contributed by atoms with E-state index in [1.54, 1.807) is 219 Å². The SMILES string of the molecule is CC(C)(C)OC(=O)NC(CC(=O)O)c1ccc2c(c1)OCO2.CC(C)(C)OC(=O)NC(CC(=O)O)c1ccccc1.CC(C)(C)OC(=O)NC(CC(=O)O)c1ccccc1.CC(C)(C)OC(=O)NC(CC(=O)O)c1ccccc1.CC(C)(C)OC(=O)NC(CC(=O)O)c1ccccc1. The van der Waals surface area contributed by atoms with Crippen LogP contribution in [0.3, 0.4) is 0 Å². The van der Waals surface area contributed by atoms with Crippen molar-refractivity contribution in [2.45, 2.75) is 194 Å². The summed E-state index contributed by atoms with van der Waals surface area (Å²) in [6, 6.07) is 37.7. The summed E-state index contributed by atoms with van der Waals surface area (Å²) in [5.41, 5.74) is 0.411. The highest BCUT2D eigenvalue weighted by Gasteiger charge is 2.28.